The summed E-state index contributed by atoms with van der Waals surface area (Å²) in [6.45, 7) is 0.744. The third-order valence-corrected chi connectivity index (χ3v) is 19.1. The van der Waals surface area contributed by atoms with Gasteiger partial charge in [-0.25, -0.2) is 19.4 Å². The van der Waals surface area contributed by atoms with Gasteiger partial charge < -0.3 is 76.8 Å². The summed E-state index contributed by atoms with van der Waals surface area (Å²) in [5.74, 6) is -13.7. The molecule has 8 atom stereocenters. The van der Waals surface area contributed by atoms with Gasteiger partial charge >= 0.3 is 36.1 Å². The van der Waals surface area contributed by atoms with Crippen molar-refractivity contribution in [2.75, 3.05) is 31.2 Å². The minimum absolute atomic E-state index is 0.00648. The van der Waals surface area contributed by atoms with Crippen LogP contribution in [-0.4, -0.2) is 175 Å². The zero-order valence-electron chi connectivity index (χ0n) is 54.7. The first-order valence-electron chi connectivity index (χ1n) is 32.2. The summed E-state index contributed by atoms with van der Waals surface area (Å²) >= 11 is 0. The molecule has 0 unspecified atom stereocenters. The van der Waals surface area contributed by atoms with E-state index >= 15 is 0 Å². The van der Waals surface area contributed by atoms with Crippen molar-refractivity contribution in [2.45, 2.75) is 133 Å². The van der Waals surface area contributed by atoms with Crippen molar-refractivity contribution in [1.82, 2.24) is 41.5 Å². The second-order valence-corrected chi connectivity index (χ2v) is 26.4. The van der Waals surface area contributed by atoms with Crippen molar-refractivity contribution in [1.29, 1.82) is 0 Å². The van der Waals surface area contributed by atoms with Crippen molar-refractivity contribution >= 4 is 116 Å². The maximum Gasteiger partial charge on any atom is 0.509 e. The summed E-state index contributed by atoms with van der Waals surface area (Å²) in [5.41, 5.74) is 8.49. The van der Waals surface area contributed by atoms with E-state index in [9.17, 15) is 87.2 Å². The summed E-state index contributed by atoms with van der Waals surface area (Å²) in [7, 11) is 2.07. The van der Waals surface area contributed by atoms with Crippen LogP contribution in [0.4, 0.5) is 9.59 Å². The Hall–Kier alpha value is -10.5. The normalized spacial score (nSPS) is 15.5. The third kappa shape index (κ3) is 22.5. The lowest BCUT2D eigenvalue weighted by atomic mass is 9.76. The SMILES string of the molecule is CC[C@@]1(OC(=O)OCCSSC[C@H](CC(=O)[C@H](CC(=O)O)NC(=O)[C@@H](N)CNC(=O)[C@@H](CC(=O)[C@H](Cc2ccccc2)NC(=O)CCNC(=O)CC[C@H](NC(=O)N[C@@H](CCC(=O)O)OC=O)C(=O)O)Cc2ccccc2)C(=O)O)C(=O)CCc2c1cc1n(c2=O)Cc2cc3ccccc3nc2-1. The Kier molecular flexibility index (Phi) is 29.0. The summed E-state index contributed by atoms with van der Waals surface area (Å²) in [5, 5.41) is 53.5. The first kappa shape index (κ1) is 77.8. The predicted octanol–water partition coefficient (Wildman–Crippen LogP) is 3.09. The number of hydrogen-bond acceptors (Lipinski definition) is 22. The zero-order chi connectivity index (χ0) is 73.3. The van der Waals surface area contributed by atoms with Gasteiger partial charge in [0.1, 0.15) is 18.7 Å². The molecule has 2 aliphatic rings. The van der Waals surface area contributed by atoms with Crippen LogP contribution in [0.1, 0.15) is 98.9 Å². The van der Waals surface area contributed by atoms with Crippen LogP contribution in [0, 0.1) is 11.8 Å². The Balaban J connectivity index is 0.885. The molecule has 1 aliphatic carbocycles. The fraction of sp³-hybridized carbons (Fsp3) is 0.412. The number of benzene rings is 3. The maximum atomic E-state index is 14.3. The Bertz CT molecular complexity index is 3970. The number of carbonyl (C=O) groups is 14. The third-order valence-electron chi connectivity index (χ3n) is 16.7. The van der Waals surface area contributed by atoms with Crippen LogP contribution in [0.2, 0.25) is 0 Å². The van der Waals surface area contributed by atoms with E-state index in [1.54, 1.807) is 78.2 Å². The number of fused-ring (bicyclic) bond motifs is 5. The van der Waals surface area contributed by atoms with E-state index in [2.05, 4.69) is 36.6 Å². The number of amides is 6. The molecule has 1 aliphatic heterocycles. The Morgan fingerprint density at radius 1 is 0.683 bits per heavy atom. The zero-order valence-corrected chi connectivity index (χ0v) is 56.4. The molecule has 0 radical (unpaired) electrons. The second-order valence-electron chi connectivity index (χ2n) is 23.8. The molecule has 0 fully saturated rings. The van der Waals surface area contributed by atoms with Gasteiger partial charge in [-0.3, -0.25) is 57.5 Å². The number of aliphatic carboxylic acids is 4. The van der Waals surface area contributed by atoms with Crippen LogP contribution in [0.5, 0.6) is 0 Å². The average Bonchev–Trinajstić information content (AvgIpc) is 1.66. The lowest BCUT2D eigenvalue weighted by molar-refractivity contribution is -0.144. The molecule has 5 aromatic rings. The molecule has 3 heterocycles. The highest BCUT2D eigenvalue weighted by Gasteiger charge is 2.49. The van der Waals surface area contributed by atoms with Crippen molar-refractivity contribution in [3.63, 3.8) is 0 Å². The Morgan fingerprint density at radius 2 is 1.36 bits per heavy atom. The molecule has 3 aromatic carbocycles. The molecule has 6 amide bonds. The molecular weight excluding hydrogens is 1360 g/mol. The largest absolute Gasteiger partial charge is 0.509 e. The van der Waals surface area contributed by atoms with Crippen LogP contribution in [0.15, 0.2) is 102 Å². The molecule has 101 heavy (non-hydrogen) atoms. The van der Waals surface area contributed by atoms with Gasteiger partial charge in [0.15, 0.2) is 29.2 Å². The van der Waals surface area contributed by atoms with E-state index in [1.807, 2.05) is 30.3 Å². The van der Waals surface area contributed by atoms with Crippen LogP contribution in [-0.2, 0) is 103 Å². The Morgan fingerprint density at radius 3 is 2.02 bits per heavy atom. The number of pyridine rings is 2. The smallest absolute Gasteiger partial charge is 0.481 e. The maximum absolute atomic E-state index is 14.3. The number of carboxylic acids is 4. The van der Waals surface area contributed by atoms with E-state index in [-0.39, 0.29) is 93.7 Å². The number of rotatable bonds is 41. The van der Waals surface area contributed by atoms with Gasteiger partial charge in [-0.05, 0) is 61.4 Å². The molecule has 0 saturated carbocycles. The number of para-hydroxylation sites is 1. The van der Waals surface area contributed by atoms with Crippen LogP contribution in [0.3, 0.4) is 0 Å². The lowest BCUT2D eigenvalue weighted by Crippen LogP contribution is -2.53. The van der Waals surface area contributed by atoms with E-state index in [1.165, 1.54) is 0 Å². The fourth-order valence-corrected chi connectivity index (χ4v) is 13.6. The van der Waals surface area contributed by atoms with Crippen molar-refractivity contribution < 1.29 is 102 Å². The molecule has 0 saturated heterocycles. The van der Waals surface area contributed by atoms with Crippen LogP contribution in [0.25, 0.3) is 22.3 Å². The fourth-order valence-electron chi connectivity index (χ4n) is 11.4. The predicted molar refractivity (Wildman–Crippen MR) is 362 cm³/mol. The number of ether oxygens (including phenoxy) is 3. The number of carbonyl (C=O) groups excluding carboxylic acids is 10. The average molecular weight is 1440 g/mol. The highest BCUT2D eigenvalue weighted by molar-refractivity contribution is 8.76. The molecule has 538 valence electrons. The highest BCUT2D eigenvalue weighted by atomic mass is 33.1. The standard InChI is InChI=1S/C68H77N9O22S2/c1-2-68(45-32-51-60-42(29-40-15-9-10-16-47(40)73-60)35-77(51)63(90)44(45)17-19-54(68)81)99-67(96)97-25-26-100-101-36-43(64(91)92)31-53(80)50(33-59(86)87)74-62(89)46(69)34-71-61(88)41(27-38-11-5-3-6-12-38)30-52(79)49(28-39-13-7-4-8-14-39)72-56(83)23-24-70-55(82)20-18-48(65(93)94)75-66(95)76-57(98-37-78)21-22-58(84)85/h3-16,29,32,37,41,43,46,48-50,57H,2,17-28,30-31,33-36,69H2,1H3,(H,70,82)(H,71,88)(H,72,83)(H,74,89)(H,84,85)(H,86,87)(H,91,92)(H,93,94)(H2,75,76,95)/t41-,43+,46+,48+,49+,50+,57-,68+/m1/s1. The van der Waals surface area contributed by atoms with Gasteiger partial charge in [0.2, 0.25) is 23.6 Å². The number of aromatic nitrogens is 2. The van der Waals surface area contributed by atoms with Crippen LogP contribution < -0.4 is 43.2 Å². The summed E-state index contributed by atoms with van der Waals surface area (Å²) in [6.07, 6.45) is -6.85. The molecule has 0 spiro atoms. The second kappa shape index (κ2) is 37.6. The lowest BCUT2D eigenvalue weighted by Gasteiger charge is -2.36. The highest BCUT2D eigenvalue weighted by Crippen LogP contribution is 2.42. The topological polar surface area (TPSA) is 481 Å². The molecule has 2 aromatic heterocycles. The monoisotopic (exact) mass is 1440 g/mol. The molecule has 33 heteroatoms. The van der Waals surface area contributed by atoms with E-state index in [0.717, 1.165) is 32.5 Å². The quantitative estimate of drug-likeness (QED) is 0.00863. The number of ketones is 3. The van der Waals surface area contributed by atoms with Crippen LogP contribution >= 0.6 is 21.6 Å². The number of nitrogens with one attached hydrogen (secondary N) is 6. The number of urea groups is 1. The number of nitrogens with two attached hydrogens (primary N) is 1. The molecular formula is C68H77N9O22S2. The van der Waals surface area contributed by atoms with Gasteiger partial charge in [0, 0.05) is 91.1 Å². The summed E-state index contributed by atoms with van der Waals surface area (Å²) in [4.78, 5) is 198. The van der Waals surface area contributed by atoms with E-state index in [0.29, 0.717) is 33.6 Å². The van der Waals surface area contributed by atoms with Gasteiger partial charge in [-0.2, -0.15) is 0 Å². The van der Waals surface area contributed by atoms with Gasteiger partial charge in [-0.15, -0.1) is 0 Å². The molecule has 7 rings (SSSR count). The number of nitrogens with zero attached hydrogens (tertiary/aromatic N) is 2. The molecule has 12 N–H and O–H groups in total. The number of hydrogen-bond donors (Lipinski definition) is 11. The summed E-state index contributed by atoms with van der Waals surface area (Å²) < 4.78 is 17.4. The van der Waals surface area contributed by atoms with Gasteiger partial charge in [0.05, 0.1) is 54.3 Å². The van der Waals surface area contributed by atoms with E-state index in [4.69, 9.17) is 25.3 Å². The Labute approximate surface area is 584 Å². The minimum atomic E-state index is -1.83. The first-order chi connectivity index (χ1) is 48.3. The minimum Gasteiger partial charge on any atom is -0.481 e. The molecule has 0 bridgehead atoms. The van der Waals surface area contributed by atoms with Gasteiger partial charge in [0.25, 0.3) is 12.0 Å². The number of Topliss-reactive ketones (excluding diaryl/α,β-unsaturated/α-hetero) is 3. The number of carboxylic acid groups (broad SMARTS) is 4. The summed E-state index contributed by atoms with van der Waals surface area (Å²) in [6, 6.07) is 20.8. The first-order valence-corrected chi connectivity index (χ1v) is 34.7. The van der Waals surface area contributed by atoms with Gasteiger partial charge in [-0.1, -0.05) is 107 Å². The molecule has 31 nitrogen and oxygen atoms in total. The van der Waals surface area contributed by atoms with Crippen molar-refractivity contribution in [3.05, 3.63) is 135 Å². The van der Waals surface area contributed by atoms with Crippen molar-refractivity contribution in [3.8, 4) is 11.4 Å². The van der Waals surface area contributed by atoms with E-state index < -0.39 is 170 Å². The van der Waals surface area contributed by atoms with Crippen molar-refractivity contribution in [2.24, 2.45) is 17.6 Å².